The van der Waals surface area contributed by atoms with Crippen LogP contribution in [-0.2, 0) is 18.0 Å². The molecule has 5 heteroatoms. The van der Waals surface area contributed by atoms with Crippen molar-refractivity contribution >= 4 is 16.7 Å². The van der Waals surface area contributed by atoms with Crippen molar-refractivity contribution in [3.05, 3.63) is 77.4 Å². The number of nitrogens with zero attached hydrogens (tertiary/aromatic N) is 1. The molecular formula is C18H14FNO3. The van der Waals surface area contributed by atoms with Gasteiger partial charge in [0.2, 0.25) is 0 Å². The Bertz CT molecular complexity index is 864. The van der Waals surface area contributed by atoms with Gasteiger partial charge in [-0.3, -0.25) is 0 Å². The molecule has 0 unspecified atom stereocenters. The average Bonchev–Trinajstić information content (AvgIpc) is 2.54. The molecule has 0 saturated carbocycles. The van der Waals surface area contributed by atoms with Crippen LogP contribution >= 0.6 is 0 Å². The third kappa shape index (κ3) is 3.52. The Morgan fingerprint density at radius 2 is 1.78 bits per heavy atom. The summed E-state index contributed by atoms with van der Waals surface area (Å²) in [6.07, 6.45) is 1.31. The molecule has 23 heavy (non-hydrogen) atoms. The number of aromatic carboxylic acids is 1. The van der Waals surface area contributed by atoms with Crippen LogP contribution in [-0.4, -0.2) is 16.1 Å². The highest BCUT2D eigenvalue weighted by atomic mass is 19.1. The Morgan fingerprint density at radius 3 is 2.52 bits per heavy atom. The maximum Gasteiger partial charge on any atom is 0.357 e. The van der Waals surface area contributed by atoms with Crippen molar-refractivity contribution in [2.24, 2.45) is 0 Å². The van der Waals surface area contributed by atoms with Gasteiger partial charge in [0.25, 0.3) is 0 Å². The maximum absolute atomic E-state index is 13.5. The zero-order valence-electron chi connectivity index (χ0n) is 12.2. The second kappa shape index (κ2) is 6.54. The second-order valence-corrected chi connectivity index (χ2v) is 5.15. The van der Waals surface area contributed by atoms with Crippen molar-refractivity contribution in [2.75, 3.05) is 0 Å². The summed E-state index contributed by atoms with van der Waals surface area (Å²) >= 11 is 0. The van der Waals surface area contributed by atoms with Crippen molar-refractivity contribution in [2.45, 2.75) is 13.2 Å². The normalized spacial score (nSPS) is 10.8. The molecule has 3 rings (SSSR count). The first kappa shape index (κ1) is 15.1. The number of hydrogen-bond donors (Lipinski definition) is 1. The van der Waals surface area contributed by atoms with Crippen LogP contribution in [0.25, 0.3) is 10.8 Å². The molecule has 0 amide bonds. The van der Waals surface area contributed by atoms with Gasteiger partial charge in [-0.15, -0.1) is 0 Å². The number of aromatic nitrogens is 1. The van der Waals surface area contributed by atoms with Crippen LogP contribution in [0.2, 0.25) is 0 Å². The predicted octanol–water partition coefficient (Wildman–Crippen LogP) is 3.79. The van der Waals surface area contributed by atoms with Gasteiger partial charge in [-0.2, -0.15) is 0 Å². The third-order valence-corrected chi connectivity index (χ3v) is 3.45. The largest absolute Gasteiger partial charge is 0.476 e. The lowest BCUT2D eigenvalue weighted by molar-refractivity contribution is 0.0684. The Morgan fingerprint density at radius 1 is 1.04 bits per heavy atom. The molecule has 1 heterocycles. The van der Waals surface area contributed by atoms with Crippen molar-refractivity contribution in [3.8, 4) is 0 Å². The lowest BCUT2D eigenvalue weighted by atomic mass is 10.1. The van der Waals surface area contributed by atoms with Crippen LogP contribution in [0.5, 0.6) is 0 Å². The van der Waals surface area contributed by atoms with E-state index < -0.39 is 17.5 Å². The van der Waals surface area contributed by atoms with E-state index in [2.05, 4.69) is 4.98 Å². The first-order valence-electron chi connectivity index (χ1n) is 7.06. The van der Waals surface area contributed by atoms with Crippen LogP contribution in [0.15, 0.2) is 54.7 Å². The van der Waals surface area contributed by atoms with E-state index >= 15 is 0 Å². The standard InChI is InChI=1S/C18H14FNO3/c19-16-8-13(9-20-17(16)18(21)22)11-23-10-12-5-6-14-3-1-2-4-15(14)7-12/h1-9H,10-11H2,(H,21,22). The second-order valence-electron chi connectivity index (χ2n) is 5.15. The number of rotatable bonds is 5. The molecule has 0 aliphatic carbocycles. The van der Waals surface area contributed by atoms with E-state index in [1.165, 1.54) is 6.20 Å². The number of carbonyl (C=O) groups is 1. The molecule has 0 saturated heterocycles. The minimum atomic E-state index is -1.38. The average molecular weight is 311 g/mol. The molecule has 116 valence electrons. The van der Waals surface area contributed by atoms with Crippen LogP contribution in [0.1, 0.15) is 21.6 Å². The van der Waals surface area contributed by atoms with E-state index in [1.807, 2.05) is 42.5 Å². The molecule has 0 aliphatic rings. The van der Waals surface area contributed by atoms with Crippen molar-refractivity contribution in [1.82, 2.24) is 4.98 Å². The summed E-state index contributed by atoms with van der Waals surface area (Å²) in [4.78, 5) is 14.3. The zero-order valence-corrected chi connectivity index (χ0v) is 12.2. The summed E-state index contributed by atoms with van der Waals surface area (Å²) in [7, 11) is 0. The van der Waals surface area contributed by atoms with Gasteiger partial charge < -0.3 is 9.84 Å². The minimum Gasteiger partial charge on any atom is -0.476 e. The van der Waals surface area contributed by atoms with Gasteiger partial charge in [-0.25, -0.2) is 14.2 Å². The van der Waals surface area contributed by atoms with Crippen LogP contribution in [0.3, 0.4) is 0 Å². The Labute approximate surface area is 132 Å². The fraction of sp³-hybridized carbons (Fsp3) is 0.111. The molecule has 1 aromatic heterocycles. The summed E-state index contributed by atoms with van der Waals surface area (Å²) < 4.78 is 19.1. The molecule has 2 aromatic carbocycles. The molecule has 0 fully saturated rings. The first-order valence-corrected chi connectivity index (χ1v) is 7.06. The van der Waals surface area contributed by atoms with E-state index in [0.29, 0.717) is 12.2 Å². The highest BCUT2D eigenvalue weighted by Gasteiger charge is 2.12. The minimum absolute atomic E-state index is 0.163. The number of hydrogen-bond acceptors (Lipinski definition) is 3. The number of carboxylic acid groups (broad SMARTS) is 1. The topological polar surface area (TPSA) is 59.4 Å². The van der Waals surface area contributed by atoms with Gasteiger partial charge in [0.05, 0.1) is 13.2 Å². The van der Waals surface area contributed by atoms with E-state index in [0.717, 1.165) is 22.4 Å². The summed E-state index contributed by atoms with van der Waals surface area (Å²) in [5.41, 5.74) is 0.927. The predicted molar refractivity (Wildman–Crippen MR) is 83.6 cm³/mol. The summed E-state index contributed by atoms with van der Waals surface area (Å²) in [5.74, 6) is -2.24. The summed E-state index contributed by atoms with van der Waals surface area (Å²) in [6, 6.07) is 15.2. The fourth-order valence-electron chi connectivity index (χ4n) is 2.33. The number of carboxylic acids is 1. The third-order valence-electron chi connectivity index (χ3n) is 3.45. The molecule has 4 nitrogen and oxygen atoms in total. The lowest BCUT2D eigenvalue weighted by Crippen LogP contribution is -2.05. The number of pyridine rings is 1. The highest BCUT2D eigenvalue weighted by Crippen LogP contribution is 2.17. The number of fused-ring (bicyclic) bond motifs is 1. The molecule has 0 aliphatic heterocycles. The molecular weight excluding hydrogens is 297 g/mol. The molecule has 1 N–H and O–H groups in total. The van der Waals surface area contributed by atoms with Crippen molar-refractivity contribution in [3.63, 3.8) is 0 Å². The lowest BCUT2D eigenvalue weighted by Gasteiger charge is -2.06. The maximum atomic E-state index is 13.5. The number of benzene rings is 2. The quantitative estimate of drug-likeness (QED) is 0.779. The van der Waals surface area contributed by atoms with Gasteiger partial charge in [-0.05, 0) is 34.0 Å². The van der Waals surface area contributed by atoms with Crippen molar-refractivity contribution in [1.29, 1.82) is 0 Å². The van der Waals surface area contributed by atoms with Gasteiger partial charge in [0, 0.05) is 6.20 Å². The van der Waals surface area contributed by atoms with E-state index in [9.17, 15) is 9.18 Å². The molecule has 0 spiro atoms. The van der Waals surface area contributed by atoms with Crippen LogP contribution in [0.4, 0.5) is 4.39 Å². The zero-order chi connectivity index (χ0) is 16.2. The Balaban J connectivity index is 1.64. The molecule has 3 aromatic rings. The molecule has 0 atom stereocenters. The summed E-state index contributed by atoms with van der Waals surface area (Å²) in [6.45, 7) is 0.545. The van der Waals surface area contributed by atoms with Crippen LogP contribution < -0.4 is 0 Å². The van der Waals surface area contributed by atoms with Gasteiger partial charge in [-0.1, -0.05) is 36.4 Å². The van der Waals surface area contributed by atoms with Crippen LogP contribution in [0, 0.1) is 5.82 Å². The number of halogens is 1. The highest BCUT2D eigenvalue weighted by molar-refractivity contribution is 5.85. The number of ether oxygens (including phenoxy) is 1. The van der Waals surface area contributed by atoms with E-state index in [-0.39, 0.29) is 6.61 Å². The summed E-state index contributed by atoms with van der Waals surface area (Å²) in [5, 5.41) is 11.0. The van der Waals surface area contributed by atoms with Gasteiger partial charge >= 0.3 is 5.97 Å². The monoisotopic (exact) mass is 311 g/mol. The molecule has 0 bridgehead atoms. The van der Waals surface area contributed by atoms with E-state index in [1.54, 1.807) is 0 Å². The smallest absolute Gasteiger partial charge is 0.357 e. The van der Waals surface area contributed by atoms with Gasteiger partial charge in [0.1, 0.15) is 0 Å². The van der Waals surface area contributed by atoms with E-state index in [4.69, 9.17) is 9.84 Å². The molecule has 0 radical (unpaired) electrons. The van der Waals surface area contributed by atoms with Crippen molar-refractivity contribution < 1.29 is 19.0 Å². The Kier molecular flexibility index (Phi) is 4.30. The SMILES string of the molecule is O=C(O)c1ncc(COCc2ccc3ccccc3c2)cc1F. The Hall–Kier alpha value is -2.79. The van der Waals surface area contributed by atoms with Gasteiger partial charge in [0.15, 0.2) is 11.5 Å². The fourth-order valence-corrected chi connectivity index (χ4v) is 2.33. The first-order chi connectivity index (χ1) is 11.1.